The average Bonchev–Trinajstić information content (AvgIpc) is 3.34. The molecule has 0 fully saturated rings. The maximum absolute atomic E-state index is 12.9. The number of amides is 2. The number of hydrogen-bond acceptors (Lipinski definition) is 6. The van der Waals surface area contributed by atoms with Crippen molar-refractivity contribution < 1.29 is 29.1 Å². The molecule has 0 saturated heterocycles. The number of nitrogens with zero attached hydrogens (tertiary/aromatic N) is 1. The number of carboxylic acids is 1. The number of carbonyl (C=O) groups excluding carboxylic acids is 2. The normalized spacial score (nSPS) is 12.4. The van der Waals surface area contributed by atoms with E-state index in [0.717, 1.165) is 11.1 Å². The second-order valence-corrected chi connectivity index (χ2v) is 7.14. The molecular formula is C23H24N4O6. The molecule has 1 aromatic heterocycles. The Morgan fingerprint density at radius 2 is 1.64 bits per heavy atom. The Kier molecular flexibility index (Phi) is 8.55. The minimum absolute atomic E-state index is 0.00563. The summed E-state index contributed by atoms with van der Waals surface area (Å²) in [5, 5.41) is 12.0. The summed E-state index contributed by atoms with van der Waals surface area (Å²) in [6, 6.07) is 16.8. The van der Waals surface area contributed by atoms with Gasteiger partial charge in [0.15, 0.2) is 6.10 Å². The van der Waals surface area contributed by atoms with E-state index in [0.29, 0.717) is 5.69 Å². The molecule has 2 amide bonds. The van der Waals surface area contributed by atoms with Crippen LogP contribution in [-0.2, 0) is 38.6 Å². The highest BCUT2D eigenvalue weighted by Gasteiger charge is 2.28. The Bertz CT molecular complexity index is 1030. The summed E-state index contributed by atoms with van der Waals surface area (Å²) in [6.07, 6.45) is 0.928. The topological polar surface area (TPSA) is 143 Å². The fourth-order valence-electron chi connectivity index (χ4n) is 2.97. The molecule has 10 nitrogen and oxygen atoms in total. The molecule has 0 spiro atoms. The molecule has 33 heavy (non-hydrogen) atoms. The van der Waals surface area contributed by atoms with Gasteiger partial charge in [-0.05, 0) is 11.1 Å². The highest BCUT2D eigenvalue weighted by Crippen LogP contribution is 2.08. The second kappa shape index (κ2) is 12.0. The van der Waals surface area contributed by atoms with Crippen molar-refractivity contribution >= 4 is 18.0 Å². The molecule has 10 heteroatoms. The molecule has 2 aromatic carbocycles. The van der Waals surface area contributed by atoms with Crippen molar-refractivity contribution in [3.8, 4) is 0 Å². The number of nitrogens with one attached hydrogen (secondary N) is 3. The molecule has 0 bridgehead atoms. The number of carboxylic acid groups (broad SMARTS) is 1. The second-order valence-electron chi connectivity index (χ2n) is 7.14. The van der Waals surface area contributed by atoms with E-state index in [4.69, 9.17) is 9.57 Å². The maximum Gasteiger partial charge on any atom is 0.431 e. The zero-order chi connectivity index (χ0) is 23.5. The Balaban J connectivity index is 1.61. The Morgan fingerprint density at radius 3 is 2.24 bits per heavy atom. The van der Waals surface area contributed by atoms with E-state index in [-0.39, 0.29) is 19.4 Å². The van der Waals surface area contributed by atoms with Crippen LogP contribution >= 0.6 is 0 Å². The maximum atomic E-state index is 12.9. The van der Waals surface area contributed by atoms with Gasteiger partial charge in [0.2, 0.25) is 0 Å². The predicted molar refractivity (Wildman–Crippen MR) is 117 cm³/mol. The Hall–Kier alpha value is -4.18. The van der Waals surface area contributed by atoms with Crippen molar-refractivity contribution in [1.82, 2.24) is 20.8 Å². The lowest BCUT2D eigenvalue weighted by Gasteiger charge is -2.20. The third-order valence-electron chi connectivity index (χ3n) is 4.65. The lowest BCUT2D eigenvalue weighted by Crippen LogP contribution is -2.49. The van der Waals surface area contributed by atoms with Crippen molar-refractivity contribution in [3.05, 3.63) is 90.0 Å². The summed E-state index contributed by atoms with van der Waals surface area (Å²) in [5.74, 6) is -1.92. The number of carbonyl (C=O) groups is 3. The molecule has 1 heterocycles. The molecule has 0 aliphatic rings. The van der Waals surface area contributed by atoms with Gasteiger partial charge in [-0.3, -0.25) is 9.63 Å². The van der Waals surface area contributed by atoms with Gasteiger partial charge in [-0.25, -0.2) is 14.6 Å². The monoisotopic (exact) mass is 452 g/mol. The van der Waals surface area contributed by atoms with E-state index in [9.17, 15) is 19.5 Å². The molecule has 0 aliphatic carbocycles. The summed E-state index contributed by atoms with van der Waals surface area (Å²) in [5.41, 5.74) is 4.21. The van der Waals surface area contributed by atoms with Crippen LogP contribution in [-0.4, -0.2) is 45.2 Å². The molecular weight excluding hydrogens is 428 g/mol. The minimum Gasteiger partial charge on any atom is -0.480 e. The molecule has 0 saturated carbocycles. The van der Waals surface area contributed by atoms with Gasteiger partial charge in [0.25, 0.3) is 5.91 Å². The van der Waals surface area contributed by atoms with Gasteiger partial charge in [0, 0.05) is 24.7 Å². The third kappa shape index (κ3) is 7.78. The van der Waals surface area contributed by atoms with Crippen molar-refractivity contribution in [2.75, 3.05) is 0 Å². The smallest absolute Gasteiger partial charge is 0.431 e. The molecule has 2 atom stereocenters. The highest BCUT2D eigenvalue weighted by atomic mass is 16.7. The van der Waals surface area contributed by atoms with Crippen molar-refractivity contribution in [3.63, 3.8) is 0 Å². The number of aliphatic carboxylic acids is 1. The molecule has 0 aliphatic heterocycles. The molecule has 0 unspecified atom stereocenters. The summed E-state index contributed by atoms with van der Waals surface area (Å²) >= 11 is 0. The molecule has 3 aromatic rings. The van der Waals surface area contributed by atoms with Crippen LogP contribution in [0.25, 0.3) is 0 Å². The van der Waals surface area contributed by atoms with E-state index < -0.39 is 30.1 Å². The first-order chi connectivity index (χ1) is 16.0. The van der Waals surface area contributed by atoms with Crippen molar-refractivity contribution in [2.24, 2.45) is 0 Å². The van der Waals surface area contributed by atoms with Crippen LogP contribution in [0.5, 0.6) is 0 Å². The number of H-pyrrole nitrogens is 1. The minimum atomic E-state index is -1.22. The van der Waals surface area contributed by atoms with Gasteiger partial charge in [-0.15, -0.1) is 0 Å². The van der Waals surface area contributed by atoms with Crippen LogP contribution in [0.4, 0.5) is 4.79 Å². The summed E-state index contributed by atoms with van der Waals surface area (Å²) in [4.78, 5) is 48.5. The average molecular weight is 452 g/mol. The number of imidazole rings is 1. The Morgan fingerprint density at radius 1 is 0.970 bits per heavy atom. The lowest BCUT2D eigenvalue weighted by atomic mass is 10.1. The number of ether oxygens (including phenoxy) is 1. The molecule has 3 rings (SSSR count). The van der Waals surface area contributed by atoms with Gasteiger partial charge >= 0.3 is 12.1 Å². The number of hydroxylamine groups is 1. The Labute approximate surface area is 189 Å². The number of aromatic amines is 1. The van der Waals surface area contributed by atoms with E-state index in [1.165, 1.54) is 12.5 Å². The standard InChI is InChI=1S/C23H24N4O6/c28-21(26-19(22(29)30)12-18-13-24-15-25-18)20(11-16-7-3-1-4-8-16)33-27-23(31)32-14-17-9-5-2-6-10-17/h1-10,13,15,19-20H,11-12,14H2,(H,24,25)(H,26,28)(H,27,31)(H,29,30)/t19-,20-/m0/s1. The van der Waals surface area contributed by atoms with E-state index in [2.05, 4.69) is 20.8 Å². The van der Waals surface area contributed by atoms with Crippen LogP contribution in [0, 0.1) is 0 Å². The summed E-state index contributed by atoms with van der Waals surface area (Å²) in [7, 11) is 0. The first kappa shape index (κ1) is 23.5. The van der Waals surface area contributed by atoms with Gasteiger partial charge in [0.05, 0.1) is 6.33 Å². The van der Waals surface area contributed by atoms with Crippen LogP contribution < -0.4 is 10.8 Å². The fraction of sp³-hybridized carbons (Fsp3) is 0.217. The fourth-order valence-corrected chi connectivity index (χ4v) is 2.97. The number of aromatic nitrogens is 2. The third-order valence-corrected chi connectivity index (χ3v) is 4.65. The van der Waals surface area contributed by atoms with E-state index in [1.54, 1.807) is 36.4 Å². The van der Waals surface area contributed by atoms with Gasteiger partial charge < -0.3 is 20.1 Å². The zero-order valence-electron chi connectivity index (χ0n) is 17.6. The molecule has 4 N–H and O–H groups in total. The quantitative estimate of drug-likeness (QED) is 0.326. The lowest BCUT2D eigenvalue weighted by molar-refractivity contribution is -0.146. The van der Waals surface area contributed by atoms with E-state index in [1.807, 2.05) is 24.3 Å². The first-order valence-electron chi connectivity index (χ1n) is 10.2. The number of benzene rings is 2. The van der Waals surface area contributed by atoms with Crippen LogP contribution in [0.15, 0.2) is 73.2 Å². The molecule has 172 valence electrons. The summed E-state index contributed by atoms with van der Waals surface area (Å²) in [6.45, 7) is 0.0247. The SMILES string of the molecule is O=C(NO[C@@H](Cc1ccccc1)C(=O)N[C@@H](Cc1cnc[nH]1)C(=O)O)OCc1ccccc1. The molecule has 0 radical (unpaired) electrons. The van der Waals surface area contributed by atoms with Crippen LogP contribution in [0.1, 0.15) is 16.8 Å². The van der Waals surface area contributed by atoms with Crippen LogP contribution in [0.2, 0.25) is 0 Å². The largest absolute Gasteiger partial charge is 0.480 e. The first-order valence-corrected chi connectivity index (χ1v) is 10.2. The highest BCUT2D eigenvalue weighted by molar-refractivity contribution is 5.86. The van der Waals surface area contributed by atoms with Crippen molar-refractivity contribution in [2.45, 2.75) is 31.6 Å². The number of hydrogen-bond donors (Lipinski definition) is 4. The van der Waals surface area contributed by atoms with Crippen LogP contribution in [0.3, 0.4) is 0 Å². The van der Waals surface area contributed by atoms with E-state index >= 15 is 0 Å². The van der Waals surface area contributed by atoms with Gasteiger partial charge in [-0.2, -0.15) is 5.48 Å². The van der Waals surface area contributed by atoms with Gasteiger partial charge in [0.1, 0.15) is 12.6 Å². The predicted octanol–water partition coefficient (Wildman–Crippen LogP) is 1.99. The summed E-state index contributed by atoms with van der Waals surface area (Å²) < 4.78 is 5.09. The zero-order valence-corrected chi connectivity index (χ0v) is 17.6. The van der Waals surface area contributed by atoms with Gasteiger partial charge in [-0.1, -0.05) is 60.7 Å². The van der Waals surface area contributed by atoms with Crippen molar-refractivity contribution in [1.29, 1.82) is 0 Å². The number of rotatable bonds is 11.